The number of hydrogen-bond donors (Lipinski definition) is 1. The van der Waals surface area contributed by atoms with Crippen LogP contribution in [-0.4, -0.2) is 4.55 Å². The van der Waals surface area contributed by atoms with Gasteiger partial charge in [-0.25, -0.2) is 0 Å². The summed E-state index contributed by atoms with van der Waals surface area (Å²) in [6.07, 6.45) is 0. The Kier molecular flexibility index (Phi) is 2.29. The van der Waals surface area contributed by atoms with Crippen LogP contribution in [0.15, 0.2) is 26.4 Å². The van der Waals surface area contributed by atoms with Crippen molar-refractivity contribution in [2.75, 3.05) is 0 Å². The molecular formula is C7H8BrNOS. The van der Waals surface area contributed by atoms with Crippen LogP contribution in [-0.2, 0) is 11.2 Å². The molecule has 1 heterocycles. The number of benzene rings is 1. The quantitative estimate of drug-likeness (QED) is 0.553. The molecule has 1 aliphatic rings. The predicted octanol–water partition coefficient (Wildman–Crippen LogP) is 2.40. The van der Waals surface area contributed by atoms with E-state index in [1.807, 2.05) is 19.1 Å². The maximum Gasteiger partial charge on any atom is 0.215 e. The van der Waals surface area contributed by atoms with E-state index in [1.54, 1.807) is 0 Å². The molecule has 1 aromatic carbocycles. The molecule has 0 radical (unpaired) electrons. The minimum Gasteiger partial charge on any atom is -0.606 e. The first-order valence-corrected chi connectivity index (χ1v) is 4.86. The first kappa shape index (κ1) is 9.06. The standard InChI is InChI=1S/C7H5BrOS.H3N/c1-4-2-6-7(10(6)9)3-5(4)8;/h2-3H,1H3;1H3. The maximum atomic E-state index is 10.9. The van der Waals surface area contributed by atoms with Crippen LogP contribution < -0.4 is 6.15 Å². The van der Waals surface area contributed by atoms with Gasteiger partial charge in [-0.05, 0) is 12.5 Å². The largest absolute Gasteiger partial charge is 0.606 e. The van der Waals surface area contributed by atoms with E-state index >= 15 is 0 Å². The average molecular weight is 234 g/mol. The fourth-order valence-electron chi connectivity index (χ4n) is 0.902. The van der Waals surface area contributed by atoms with Gasteiger partial charge < -0.3 is 10.7 Å². The van der Waals surface area contributed by atoms with Crippen LogP contribution in [0.4, 0.5) is 0 Å². The fourth-order valence-corrected chi connectivity index (χ4v) is 2.44. The van der Waals surface area contributed by atoms with Crippen molar-refractivity contribution in [3.63, 3.8) is 0 Å². The summed E-state index contributed by atoms with van der Waals surface area (Å²) in [5.41, 5.74) is 1.16. The van der Waals surface area contributed by atoms with Gasteiger partial charge in [0.05, 0.1) is 0 Å². The molecule has 1 aromatic rings. The lowest BCUT2D eigenvalue weighted by Gasteiger charge is -1.86. The molecule has 0 bridgehead atoms. The van der Waals surface area contributed by atoms with E-state index in [4.69, 9.17) is 0 Å². The van der Waals surface area contributed by atoms with Crippen molar-refractivity contribution < 1.29 is 4.55 Å². The van der Waals surface area contributed by atoms with Gasteiger partial charge >= 0.3 is 0 Å². The monoisotopic (exact) mass is 233 g/mol. The Hall–Kier alpha value is -0.0300. The molecule has 2 nitrogen and oxygen atoms in total. The van der Waals surface area contributed by atoms with Gasteiger partial charge in [0, 0.05) is 27.8 Å². The Morgan fingerprint density at radius 1 is 1.36 bits per heavy atom. The average Bonchev–Trinajstić information content (AvgIpc) is 2.46. The highest BCUT2D eigenvalue weighted by Crippen LogP contribution is 2.42. The van der Waals surface area contributed by atoms with Crippen molar-refractivity contribution in [3.8, 4) is 0 Å². The van der Waals surface area contributed by atoms with Crippen molar-refractivity contribution in [1.29, 1.82) is 0 Å². The Morgan fingerprint density at radius 2 is 1.91 bits per heavy atom. The molecule has 0 aliphatic carbocycles. The molecule has 4 heteroatoms. The third kappa shape index (κ3) is 1.31. The summed E-state index contributed by atoms with van der Waals surface area (Å²) in [5.74, 6) is 0. The van der Waals surface area contributed by atoms with Crippen molar-refractivity contribution >= 4 is 27.1 Å². The molecule has 60 valence electrons. The predicted molar refractivity (Wildman–Crippen MR) is 48.6 cm³/mol. The van der Waals surface area contributed by atoms with Crippen molar-refractivity contribution in [2.45, 2.75) is 16.7 Å². The fraction of sp³-hybridized carbons (Fsp3) is 0.143. The smallest absolute Gasteiger partial charge is 0.215 e. The lowest BCUT2D eigenvalue weighted by molar-refractivity contribution is 0.611. The summed E-state index contributed by atoms with van der Waals surface area (Å²) in [5, 5.41) is 0. The summed E-state index contributed by atoms with van der Waals surface area (Å²) in [6, 6.07) is 3.90. The Bertz CT molecular complexity index is 274. The molecule has 11 heavy (non-hydrogen) atoms. The second-order valence-electron chi connectivity index (χ2n) is 2.32. The van der Waals surface area contributed by atoms with E-state index in [-0.39, 0.29) is 6.15 Å². The highest BCUT2D eigenvalue weighted by atomic mass is 79.9. The summed E-state index contributed by atoms with van der Waals surface area (Å²) in [7, 11) is 0. The molecule has 1 unspecified atom stereocenters. The Labute approximate surface area is 76.9 Å². The minimum absolute atomic E-state index is 0. The number of aryl methyl sites for hydroxylation is 1. The zero-order valence-electron chi connectivity index (χ0n) is 6.06. The van der Waals surface area contributed by atoms with E-state index in [0.717, 1.165) is 19.8 Å². The Morgan fingerprint density at radius 3 is 2.45 bits per heavy atom. The molecule has 0 fully saturated rings. The second kappa shape index (κ2) is 2.79. The second-order valence-corrected chi connectivity index (χ2v) is 4.59. The zero-order valence-corrected chi connectivity index (χ0v) is 8.46. The summed E-state index contributed by atoms with van der Waals surface area (Å²) in [4.78, 5) is 1.98. The van der Waals surface area contributed by atoms with E-state index in [0.29, 0.717) is 0 Å². The topological polar surface area (TPSA) is 58.1 Å². The summed E-state index contributed by atoms with van der Waals surface area (Å²) >= 11 is 2.61. The van der Waals surface area contributed by atoms with Gasteiger partial charge in [-0.2, -0.15) is 0 Å². The number of fused-ring (bicyclic) bond motifs is 1. The normalized spacial score (nSPS) is 18.6. The molecule has 0 spiro atoms. The molecule has 0 saturated heterocycles. The Balaban J connectivity index is 0.000000605. The SMILES string of the molecule is Cc1cc2c(cc1Br)[S+]2[O-].N. The van der Waals surface area contributed by atoms with E-state index in [9.17, 15) is 4.55 Å². The summed E-state index contributed by atoms with van der Waals surface area (Å²) < 4.78 is 12.0. The van der Waals surface area contributed by atoms with Crippen molar-refractivity contribution in [1.82, 2.24) is 6.15 Å². The number of halogens is 1. The van der Waals surface area contributed by atoms with E-state index in [2.05, 4.69) is 15.9 Å². The van der Waals surface area contributed by atoms with Gasteiger partial charge in [0.2, 0.25) is 9.79 Å². The van der Waals surface area contributed by atoms with Crippen molar-refractivity contribution in [3.05, 3.63) is 22.2 Å². The third-order valence-corrected chi connectivity index (χ3v) is 3.71. The van der Waals surface area contributed by atoms with Gasteiger partial charge in [0.15, 0.2) is 0 Å². The van der Waals surface area contributed by atoms with Gasteiger partial charge in [0.25, 0.3) is 0 Å². The van der Waals surface area contributed by atoms with Crippen LogP contribution in [0, 0.1) is 6.92 Å². The molecule has 2 rings (SSSR count). The van der Waals surface area contributed by atoms with E-state index < -0.39 is 11.2 Å². The molecule has 0 saturated carbocycles. The van der Waals surface area contributed by atoms with Crippen molar-refractivity contribution in [2.24, 2.45) is 0 Å². The van der Waals surface area contributed by atoms with Gasteiger partial charge in [-0.1, -0.05) is 15.9 Å². The maximum absolute atomic E-state index is 10.9. The van der Waals surface area contributed by atoms with E-state index in [1.165, 1.54) is 0 Å². The van der Waals surface area contributed by atoms with Crippen LogP contribution in [0.3, 0.4) is 0 Å². The third-order valence-electron chi connectivity index (χ3n) is 1.58. The van der Waals surface area contributed by atoms with Gasteiger partial charge in [0.1, 0.15) is 0 Å². The molecule has 0 aromatic heterocycles. The summed E-state index contributed by atoms with van der Waals surface area (Å²) in [6.45, 7) is 2.00. The van der Waals surface area contributed by atoms with Crippen LogP contribution in [0.5, 0.6) is 0 Å². The highest BCUT2D eigenvalue weighted by Gasteiger charge is 2.39. The number of hydrogen-bond acceptors (Lipinski definition) is 2. The van der Waals surface area contributed by atoms with Crippen LogP contribution in [0.2, 0.25) is 0 Å². The first-order valence-electron chi connectivity index (χ1n) is 2.92. The first-order chi connectivity index (χ1) is 4.70. The molecule has 3 N–H and O–H groups in total. The molecular weight excluding hydrogens is 226 g/mol. The van der Waals surface area contributed by atoms with Gasteiger partial charge in [-0.3, -0.25) is 0 Å². The molecule has 1 aliphatic heterocycles. The minimum atomic E-state index is -0.765. The lowest BCUT2D eigenvalue weighted by Crippen LogP contribution is -1.69. The number of rotatable bonds is 0. The van der Waals surface area contributed by atoms with Gasteiger partial charge in [-0.15, -0.1) is 0 Å². The molecule has 0 amide bonds. The van der Waals surface area contributed by atoms with Crippen LogP contribution >= 0.6 is 15.9 Å². The highest BCUT2D eigenvalue weighted by molar-refractivity contribution is 9.10. The lowest BCUT2D eigenvalue weighted by atomic mass is 10.2. The zero-order chi connectivity index (χ0) is 7.30. The van der Waals surface area contributed by atoms with Crippen LogP contribution in [0.1, 0.15) is 5.56 Å². The molecule has 1 atom stereocenters. The van der Waals surface area contributed by atoms with Crippen LogP contribution in [0.25, 0.3) is 0 Å².